The van der Waals surface area contributed by atoms with Crippen LogP contribution in [0.3, 0.4) is 0 Å². The van der Waals surface area contributed by atoms with Crippen molar-refractivity contribution in [3.05, 3.63) is 11.1 Å². The van der Waals surface area contributed by atoms with Crippen LogP contribution in [0.25, 0.3) is 0 Å². The largest absolute Gasteiger partial charge is 0.295 e. The molecule has 0 amide bonds. The van der Waals surface area contributed by atoms with Crippen molar-refractivity contribution in [3.8, 4) is 0 Å². The third-order valence-corrected chi connectivity index (χ3v) is 3.21. The van der Waals surface area contributed by atoms with Crippen LogP contribution >= 0.6 is 12.6 Å². The smallest absolute Gasteiger partial charge is 0.159 e. The van der Waals surface area contributed by atoms with Gasteiger partial charge in [0.2, 0.25) is 0 Å². The topological polar surface area (TPSA) is 17.1 Å². The Labute approximate surface area is 79.6 Å². The van der Waals surface area contributed by atoms with Gasteiger partial charge in [0.15, 0.2) is 5.78 Å². The monoisotopic (exact) mass is 184 g/mol. The Hall–Kier alpha value is -0.240. The van der Waals surface area contributed by atoms with E-state index < -0.39 is 0 Å². The van der Waals surface area contributed by atoms with E-state index in [1.807, 2.05) is 13.8 Å². The van der Waals surface area contributed by atoms with Gasteiger partial charge in [0, 0.05) is 11.7 Å². The van der Waals surface area contributed by atoms with Gasteiger partial charge in [0.05, 0.1) is 0 Å². The maximum Gasteiger partial charge on any atom is 0.159 e. The fourth-order valence-corrected chi connectivity index (χ4v) is 1.85. The predicted molar refractivity (Wildman–Crippen MR) is 54.6 cm³/mol. The molecule has 2 heteroatoms. The van der Waals surface area contributed by atoms with Gasteiger partial charge in [0.1, 0.15) is 0 Å². The molecule has 0 bridgehead atoms. The van der Waals surface area contributed by atoms with Crippen LogP contribution in [0.1, 0.15) is 33.6 Å². The summed E-state index contributed by atoms with van der Waals surface area (Å²) < 4.78 is 0. The Morgan fingerprint density at radius 1 is 1.42 bits per heavy atom. The number of hydrogen-bond acceptors (Lipinski definition) is 2. The van der Waals surface area contributed by atoms with E-state index in [1.54, 1.807) is 0 Å². The summed E-state index contributed by atoms with van der Waals surface area (Å²) in [5, 5.41) is 0.368. The van der Waals surface area contributed by atoms with Gasteiger partial charge >= 0.3 is 0 Å². The van der Waals surface area contributed by atoms with Gasteiger partial charge in [-0.2, -0.15) is 12.6 Å². The highest BCUT2D eigenvalue weighted by molar-refractivity contribution is 7.81. The number of rotatable bonds is 0. The lowest BCUT2D eigenvalue weighted by atomic mass is 9.84. The van der Waals surface area contributed by atoms with Crippen LogP contribution in [-0.2, 0) is 4.79 Å². The molecule has 0 radical (unpaired) electrons. The van der Waals surface area contributed by atoms with Crippen molar-refractivity contribution >= 4 is 18.4 Å². The van der Waals surface area contributed by atoms with Crippen molar-refractivity contribution in [3.63, 3.8) is 0 Å². The molecule has 0 aromatic carbocycles. The lowest BCUT2D eigenvalue weighted by molar-refractivity contribution is -0.117. The highest BCUT2D eigenvalue weighted by Gasteiger charge is 2.27. The summed E-state index contributed by atoms with van der Waals surface area (Å²) >= 11 is 4.46. The van der Waals surface area contributed by atoms with Crippen molar-refractivity contribution in [1.29, 1.82) is 0 Å². The first-order valence-corrected chi connectivity index (χ1v) is 4.91. The van der Waals surface area contributed by atoms with Gasteiger partial charge in [0.25, 0.3) is 0 Å². The molecule has 1 fully saturated rings. The van der Waals surface area contributed by atoms with E-state index in [9.17, 15) is 4.79 Å². The third kappa shape index (κ3) is 1.92. The molecule has 1 aliphatic rings. The second kappa shape index (κ2) is 3.65. The fourth-order valence-electron chi connectivity index (χ4n) is 1.56. The first-order valence-electron chi connectivity index (χ1n) is 4.40. The summed E-state index contributed by atoms with van der Waals surface area (Å²) in [5.74, 6) is 0.761. The lowest BCUT2D eigenvalue weighted by Gasteiger charge is -2.26. The predicted octanol–water partition coefficient (Wildman–Crippen LogP) is 2.62. The molecule has 0 aliphatic heterocycles. The van der Waals surface area contributed by atoms with Crippen LogP contribution in [0.15, 0.2) is 11.1 Å². The maximum absolute atomic E-state index is 11.5. The van der Waals surface area contributed by atoms with E-state index in [-0.39, 0.29) is 0 Å². The SMILES string of the molecule is CC(C)=C1CC(S)[C@H](C)CC1=O. The number of hydrogen-bond donors (Lipinski definition) is 1. The number of allylic oxidation sites excluding steroid dienone is 2. The van der Waals surface area contributed by atoms with Crippen molar-refractivity contribution in [2.75, 3.05) is 0 Å². The molecule has 68 valence electrons. The van der Waals surface area contributed by atoms with Crippen LogP contribution < -0.4 is 0 Å². The summed E-state index contributed by atoms with van der Waals surface area (Å²) in [6.07, 6.45) is 1.53. The van der Waals surface area contributed by atoms with Gasteiger partial charge in [-0.3, -0.25) is 4.79 Å². The van der Waals surface area contributed by atoms with Crippen LogP contribution in [0.2, 0.25) is 0 Å². The first-order chi connectivity index (χ1) is 5.52. The Morgan fingerprint density at radius 2 is 2.00 bits per heavy atom. The Bertz CT molecular complexity index is 226. The molecular weight excluding hydrogens is 168 g/mol. The Morgan fingerprint density at radius 3 is 2.50 bits per heavy atom. The number of carbonyl (C=O) groups is 1. The molecule has 1 saturated carbocycles. The van der Waals surface area contributed by atoms with Crippen LogP contribution in [0.4, 0.5) is 0 Å². The second-order valence-electron chi connectivity index (χ2n) is 3.85. The van der Waals surface area contributed by atoms with Crippen molar-refractivity contribution < 1.29 is 4.79 Å². The van der Waals surface area contributed by atoms with Gasteiger partial charge < -0.3 is 0 Å². The summed E-state index contributed by atoms with van der Waals surface area (Å²) in [7, 11) is 0. The molecule has 0 aromatic heterocycles. The Balaban J connectivity index is 2.82. The zero-order valence-electron chi connectivity index (χ0n) is 7.92. The zero-order chi connectivity index (χ0) is 9.30. The summed E-state index contributed by atoms with van der Waals surface area (Å²) in [5.41, 5.74) is 2.17. The molecule has 0 aromatic rings. The maximum atomic E-state index is 11.5. The van der Waals surface area contributed by atoms with E-state index in [0.29, 0.717) is 23.4 Å². The molecule has 0 heterocycles. The molecule has 0 saturated heterocycles. The van der Waals surface area contributed by atoms with Crippen LogP contribution in [0.5, 0.6) is 0 Å². The van der Waals surface area contributed by atoms with E-state index in [0.717, 1.165) is 17.6 Å². The summed E-state index contributed by atoms with van der Waals surface area (Å²) in [6, 6.07) is 0. The van der Waals surface area contributed by atoms with Crippen molar-refractivity contribution in [2.45, 2.75) is 38.9 Å². The van der Waals surface area contributed by atoms with E-state index in [1.165, 1.54) is 0 Å². The number of Topliss-reactive ketones (excluding diaryl/α,β-unsaturated/α-hetero) is 1. The lowest BCUT2D eigenvalue weighted by Crippen LogP contribution is -2.25. The van der Waals surface area contributed by atoms with E-state index >= 15 is 0 Å². The third-order valence-electron chi connectivity index (χ3n) is 2.52. The first kappa shape index (κ1) is 9.85. The molecule has 0 spiro atoms. The number of thiol groups is 1. The minimum Gasteiger partial charge on any atom is -0.295 e. The fraction of sp³-hybridized carbons (Fsp3) is 0.700. The van der Waals surface area contributed by atoms with E-state index in [2.05, 4.69) is 19.6 Å². The van der Waals surface area contributed by atoms with Crippen molar-refractivity contribution in [2.24, 2.45) is 5.92 Å². The molecule has 1 aliphatic carbocycles. The average Bonchev–Trinajstić information content (AvgIpc) is 1.96. The Kier molecular flexibility index (Phi) is 2.99. The van der Waals surface area contributed by atoms with Gasteiger partial charge in [-0.1, -0.05) is 12.5 Å². The van der Waals surface area contributed by atoms with Crippen LogP contribution in [0, 0.1) is 5.92 Å². The molecule has 12 heavy (non-hydrogen) atoms. The molecule has 1 unspecified atom stereocenters. The quantitative estimate of drug-likeness (QED) is 0.452. The van der Waals surface area contributed by atoms with Crippen LogP contribution in [-0.4, -0.2) is 11.0 Å². The van der Waals surface area contributed by atoms with E-state index in [4.69, 9.17) is 0 Å². The normalized spacial score (nSPS) is 30.7. The minimum absolute atomic E-state index is 0.327. The zero-order valence-corrected chi connectivity index (χ0v) is 8.82. The number of ketones is 1. The summed E-state index contributed by atoms with van der Waals surface area (Å²) in [4.78, 5) is 11.5. The van der Waals surface area contributed by atoms with Crippen molar-refractivity contribution in [1.82, 2.24) is 0 Å². The highest BCUT2D eigenvalue weighted by atomic mass is 32.1. The van der Waals surface area contributed by atoms with Gasteiger partial charge in [-0.25, -0.2) is 0 Å². The highest BCUT2D eigenvalue weighted by Crippen LogP contribution is 2.30. The van der Waals surface area contributed by atoms with Gasteiger partial charge in [-0.05, 0) is 31.8 Å². The molecule has 0 N–H and O–H groups in total. The molecular formula is C10H16OS. The standard InChI is InChI=1S/C10H16OS/c1-6(2)8-5-10(12)7(3)4-9(8)11/h7,10,12H,4-5H2,1-3H3/t7-,10?/m1/s1. The molecule has 2 atom stereocenters. The average molecular weight is 184 g/mol. The minimum atomic E-state index is 0.327. The molecule has 1 nitrogen and oxygen atoms in total. The summed E-state index contributed by atoms with van der Waals surface area (Å²) in [6.45, 7) is 6.10. The second-order valence-corrected chi connectivity index (χ2v) is 4.52. The van der Waals surface area contributed by atoms with Gasteiger partial charge in [-0.15, -0.1) is 0 Å². The number of carbonyl (C=O) groups excluding carboxylic acids is 1. The molecule has 1 rings (SSSR count).